The van der Waals surface area contributed by atoms with E-state index in [1.54, 1.807) is 4.90 Å². The molecule has 1 aliphatic heterocycles. The van der Waals surface area contributed by atoms with Crippen LogP contribution in [-0.2, 0) is 11.3 Å². The summed E-state index contributed by atoms with van der Waals surface area (Å²) < 4.78 is 0. The standard InChI is InChI=1S/C23H23N3O5/c1-14(2)16-8-6-15(7-9-16)12-24(17-10-11-17)20(27)13-25-22(28)18-4-3-5-19(26(30)31)21(18)23(25)29/h3-9,14,17H,10-13H2,1-2H3. The topological polar surface area (TPSA) is 101 Å². The highest BCUT2D eigenvalue weighted by Gasteiger charge is 2.43. The number of nitro benzene ring substituents is 1. The Labute approximate surface area is 179 Å². The Balaban J connectivity index is 1.52. The van der Waals surface area contributed by atoms with Crippen LogP contribution in [0.3, 0.4) is 0 Å². The zero-order valence-electron chi connectivity index (χ0n) is 17.4. The van der Waals surface area contributed by atoms with Gasteiger partial charge in [-0.15, -0.1) is 0 Å². The third-order valence-corrected chi connectivity index (χ3v) is 5.77. The predicted octanol–water partition coefficient (Wildman–Crippen LogP) is 3.51. The van der Waals surface area contributed by atoms with Gasteiger partial charge in [0.15, 0.2) is 0 Å². The molecule has 8 nitrogen and oxygen atoms in total. The average molecular weight is 421 g/mol. The average Bonchev–Trinajstić information content (AvgIpc) is 3.56. The summed E-state index contributed by atoms with van der Waals surface area (Å²) in [6.07, 6.45) is 1.76. The molecule has 3 amide bonds. The molecule has 0 atom stereocenters. The number of imide groups is 1. The number of rotatable bonds is 7. The molecule has 2 aliphatic rings. The lowest BCUT2D eigenvalue weighted by Gasteiger charge is -2.25. The van der Waals surface area contributed by atoms with Crippen LogP contribution in [0.1, 0.15) is 64.4 Å². The van der Waals surface area contributed by atoms with Crippen molar-refractivity contribution in [3.8, 4) is 0 Å². The zero-order chi connectivity index (χ0) is 22.3. The van der Waals surface area contributed by atoms with E-state index in [1.807, 2.05) is 24.3 Å². The van der Waals surface area contributed by atoms with Crippen LogP contribution in [0.15, 0.2) is 42.5 Å². The summed E-state index contributed by atoms with van der Waals surface area (Å²) in [5, 5.41) is 11.3. The summed E-state index contributed by atoms with van der Waals surface area (Å²) in [7, 11) is 0. The normalized spacial score (nSPS) is 15.4. The van der Waals surface area contributed by atoms with Crippen molar-refractivity contribution in [2.75, 3.05) is 6.54 Å². The van der Waals surface area contributed by atoms with Gasteiger partial charge >= 0.3 is 0 Å². The van der Waals surface area contributed by atoms with Crippen molar-refractivity contribution in [2.45, 2.75) is 45.2 Å². The summed E-state index contributed by atoms with van der Waals surface area (Å²) in [6, 6.07) is 12.1. The molecule has 4 rings (SSSR count). The Morgan fingerprint density at radius 3 is 2.39 bits per heavy atom. The third-order valence-electron chi connectivity index (χ3n) is 5.77. The largest absolute Gasteiger partial charge is 0.334 e. The summed E-state index contributed by atoms with van der Waals surface area (Å²) in [5.74, 6) is -1.40. The molecule has 2 aromatic rings. The van der Waals surface area contributed by atoms with E-state index >= 15 is 0 Å². The van der Waals surface area contributed by atoms with E-state index < -0.39 is 29.0 Å². The number of nitro groups is 1. The maximum atomic E-state index is 13.1. The molecule has 31 heavy (non-hydrogen) atoms. The minimum absolute atomic E-state index is 0.0331. The van der Waals surface area contributed by atoms with E-state index in [0.717, 1.165) is 23.3 Å². The van der Waals surface area contributed by atoms with Crippen molar-refractivity contribution >= 4 is 23.4 Å². The molecule has 0 spiro atoms. The molecule has 1 aliphatic carbocycles. The molecule has 2 aromatic carbocycles. The van der Waals surface area contributed by atoms with Crippen LogP contribution in [0.5, 0.6) is 0 Å². The SMILES string of the molecule is CC(C)c1ccc(CN(C(=O)CN2C(=O)c3cccc([N+](=O)[O-])c3C2=O)C2CC2)cc1. The minimum Gasteiger partial charge on any atom is -0.334 e. The first-order valence-corrected chi connectivity index (χ1v) is 10.3. The maximum absolute atomic E-state index is 13.1. The fourth-order valence-electron chi connectivity index (χ4n) is 3.85. The first-order chi connectivity index (χ1) is 14.8. The zero-order valence-corrected chi connectivity index (χ0v) is 17.4. The summed E-state index contributed by atoms with van der Waals surface area (Å²) in [5.41, 5.74) is 1.49. The molecule has 8 heteroatoms. The number of carbonyl (C=O) groups excluding carboxylic acids is 3. The van der Waals surface area contributed by atoms with Gasteiger partial charge in [0.25, 0.3) is 17.5 Å². The van der Waals surface area contributed by atoms with Gasteiger partial charge in [0.05, 0.1) is 10.5 Å². The van der Waals surface area contributed by atoms with Gasteiger partial charge in [-0.3, -0.25) is 29.4 Å². The lowest BCUT2D eigenvalue weighted by atomic mass is 10.0. The van der Waals surface area contributed by atoms with Crippen LogP contribution in [0.25, 0.3) is 0 Å². The molecule has 1 fully saturated rings. The number of nitrogens with zero attached hydrogens (tertiary/aromatic N) is 3. The van der Waals surface area contributed by atoms with Crippen molar-refractivity contribution in [2.24, 2.45) is 0 Å². The van der Waals surface area contributed by atoms with Gasteiger partial charge in [0.2, 0.25) is 5.91 Å². The van der Waals surface area contributed by atoms with E-state index in [2.05, 4.69) is 13.8 Å². The quantitative estimate of drug-likeness (QED) is 0.387. The summed E-state index contributed by atoms with van der Waals surface area (Å²) in [4.78, 5) is 51.6. The van der Waals surface area contributed by atoms with Gasteiger partial charge < -0.3 is 4.90 Å². The van der Waals surface area contributed by atoms with Crippen LogP contribution >= 0.6 is 0 Å². The van der Waals surface area contributed by atoms with E-state index in [1.165, 1.54) is 23.8 Å². The Hall–Kier alpha value is -3.55. The number of hydrogen-bond acceptors (Lipinski definition) is 5. The lowest BCUT2D eigenvalue weighted by molar-refractivity contribution is -0.385. The maximum Gasteiger partial charge on any atom is 0.282 e. The molecular formula is C23H23N3O5. The minimum atomic E-state index is -0.794. The third kappa shape index (κ3) is 3.93. The highest BCUT2D eigenvalue weighted by molar-refractivity contribution is 6.24. The van der Waals surface area contributed by atoms with Crippen LogP contribution in [0, 0.1) is 10.1 Å². The van der Waals surface area contributed by atoms with E-state index in [0.29, 0.717) is 12.5 Å². The highest BCUT2D eigenvalue weighted by Crippen LogP contribution is 2.32. The molecule has 1 heterocycles. The Morgan fingerprint density at radius 1 is 1.13 bits per heavy atom. The van der Waals surface area contributed by atoms with Crippen molar-refractivity contribution in [1.82, 2.24) is 9.80 Å². The fourth-order valence-corrected chi connectivity index (χ4v) is 3.85. The van der Waals surface area contributed by atoms with Gasteiger partial charge in [-0.2, -0.15) is 0 Å². The first kappa shape index (κ1) is 20.7. The van der Waals surface area contributed by atoms with Crippen LogP contribution in [0.4, 0.5) is 5.69 Å². The smallest absolute Gasteiger partial charge is 0.282 e. The predicted molar refractivity (Wildman–Crippen MR) is 113 cm³/mol. The molecule has 0 bridgehead atoms. The molecule has 160 valence electrons. The number of benzene rings is 2. The van der Waals surface area contributed by atoms with Crippen LogP contribution in [-0.4, -0.2) is 45.0 Å². The number of hydrogen-bond donors (Lipinski definition) is 0. The van der Waals surface area contributed by atoms with Crippen LogP contribution in [0.2, 0.25) is 0 Å². The van der Waals surface area contributed by atoms with E-state index in [-0.39, 0.29) is 23.1 Å². The number of fused-ring (bicyclic) bond motifs is 1. The van der Waals surface area contributed by atoms with Crippen molar-refractivity contribution in [3.63, 3.8) is 0 Å². The second-order valence-corrected chi connectivity index (χ2v) is 8.30. The second-order valence-electron chi connectivity index (χ2n) is 8.30. The van der Waals surface area contributed by atoms with Crippen molar-refractivity contribution in [3.05, 3.63) is 74.8 Å². The molecular weight excluding hydrogens is 398 g/mol. The number of carbonyl (C=O) groups is 3. The molecule has 0 radical (unpaired) electrons. The van der Waals surface area contributed by atoms with Gasteiger partial charge in [-0.1, -0.05) is 44.2 Å². The van der Waals surface area contributed by atoms with Gasteiger partial charge in [-0.05, 0) is 36.0 Å². The van der Waals surface area contributed by atoms with Crippen molar-refractivity contribution < 1.29 is 19.3 Å². The molecule has 0 unspecified atom stereocenters. The van der Waals surface area contributed by atoms with E-state index in [9.17, 15) is 24.5 Å². The van der Waals surface area contributed by atoms with Gasteiger partial charge in [-0.25, -0.2) is 0 Å². The first-order valence-electron chi connectivity index (χ1n) is 10.3. The molecule has 1 saturated carbocycles. The fraction of sp³-hybridized carbons (Fsp3) is 0.348. The summed E-state index contributed by atoms with van der Waals surface area (Å²) >= 11 is 0. The molecule has 0 aromatic heterocycles. The lowest BCUT2D eigenvalue weighted by Crippen LogP contribution is -2.43. The summed E-state index contributed by atoms with van der Waals surface area (Å²) in [6.45, 7) is 4.19. The Morgan fingerprint density at radius 2 is 1.81 bits per heavy atom. The molecule has 0 N–H and O–H groups in total. The Bertz CT molecular complexity index is 1070. The monoisotopic (exact) mass is 421 g/mol. The van der Waals surface area contributed by atoms with Gasteiger partial charge in [0, 0.05) is 18.7 Å². The second kappa shape index (κ2) is 7.94. The van der Waals surface area contributed by atoms with Crippen LogP contribution < -0.4 is 0 Å². The number of amides is 3. The Kier molecular flexibility index (Phi) is 5.31. The molecule has 0 saturated heterocycles. The van der Waals surface area contributed by atoms with Gasteiger partial charge in [0.1, 0.15) is 12.1 Å². The highest BCUT2D eigenvalue weighted by atomic mass is 16.6. The van der Waals surface area contributed by atoms with E-state index in [4.69, 9.17) is 0 Å². The van der Waals surface area contributed by atoms with Crippen molar-refractivity contribution in [1.29, 1.82) is 0 Å².